The number of nitrogens with zero attached hydrogens (tertiary/aromatic N) is 8. The number of anilines is 3. The Balaban J connectivity index is 1.08. The van der Waals surface area contributed by atoms with Crippen molar-refractivity contribution in [3.8, 4) is 11.6 Å². The first kappa shape index (κ1) is 23.2. The Morgan fingerprint density at radius 3 is 2.54 bits per heavy atom. The Kier molecular flexibility index (Phi) is 6.08. The van der Waals surface area contributed by atoms with E-state index < -0.39 is 5.91 Å². The van der Waals surface area contributed by atoms with E-state index in [1.807, 2.05) is 12.1 Å². The normalized spacial score (nSPS) is 19.0. The number of nitrogens with two attached hydrogens (primary N) is 2. The van der Waals surface area contributed by atoms with Crippen LogP contribution in [-0.4, -0.2) is 81.2 Å². The summed E-state index contributed by atoms with van der Waals surface area (Å²) < 4.78 is 6.85. The van der Waals surface area contributed by atoms with Crippen LogP contribution in [0.3, 0.4) is 0 Å². The molecule has 4 aromatic rings. The number of hydrogen-bond acceptors (Lipinski definition) is 10. The van der Waals surface area contributed by atoms with Crippen LogP contribution >= 0.6 is 0 Å². The van der Waals surface area contributed by atoms with Gasteiger partial charge >= 0.3 is 0 Å². The largest absolute Gasteiger partial charge is 0.461 e. The van der Waals surface area contributed by atoms with Crippen molar-refractivity contribution in [2.75, 3.05) is 61.3 Å². The highest BCUT2D eigenvalue weighted by Gasteiger charge is 2.27. The van der Waals surface area contributed by atoms with Crippen molar-refractivity contribution in [2.45, 2.75) is 12.8 Å². The number of fused-ring (bicyclic) bond motifs is 1. The van der Waals surface area contributed by atoms with E-state index in [2.05, 4.69) is 34.8 Å². The summed E-state index contributed by atoms with van der Waals surface area (Å²) >= 11 is 0. The van der Waals surface area contributed by atoms with Crippen LogP contribution in [-0.2, 0) is 0 Å². The molecule has 1 aromatic carbocycles. The van der Waals surface area contributed by atoms with Crippen LogP contribution < -0.4 is 21.3 Å². The van der Waals surface area contributed by atoms with Gasteiger partial charge in [-0.3, -0.25) is 9.69 Å². The van der Waals surface area contributed by atoms with Crippen LogP contribution in [0.15, 0.2) is 47.1 Å². The lowest BCUT2D eigenvalue weighted by atomic mass is 9.97. The molecule has 0 spiro atoms. The zero-order chi connectivity index (χ0) is 25.4. The minimum Gasteiger partial charge on any atom is -0.461 e. The van der Waals surface area contributed by atoms with Crippen molar-refractivity contribution in [2.24, 2.45) is 11.7 Å². The first-order valence-electron chi connectivity index (χ1n) is 12.6. The van der Waals surface area contributed by atoms with Gasteiger partial charge < -0.3 is 25.7 Å². The smallest absolute Gasteiger partial charge is 0.259 e. The number of carbonyl (C=O) groups excluding carboxylic acids is 1. The molecule has 2 aliphatic rings. The molecule has 0 radical (unpaired) electrons. The van der Waals surface area contributed by atoms with Crippen LogP contribution in [0.1, 0.15) is 23.2 Å². The second kappa shape index (κ2) is 9.69. The summed E-state index contributed by atoms with van der Waals surface area (Å²) in [6.07, 6.45) is 3.84. The zero-order valence-electron chi connectivity index (χ0n) is 20.5. The van der Waals surface area contributed by atoms with Gasteiger partial charge in [0.05, 0.1) is 6.26 Å². The number of aromatic nitrogens is 5. The number of nitrogen functional groups attached to an aromatic ring is 1. The van der Waals surface area contributed by atoms with Crippen molar-refractivity contribution in [1.82, 2.24) is 29.5 Å². The first-order chi connectivity index (χ1) is 18.0. The standard InChI is InChI=1S/C25H30N10O2/c26-21(36)18-5-7-19(8-6-18)33-12-10-32(11-13-33)15-17-3-1-9-34(16-17)24-29-23(27)35-25(30-24)28-22(31-35)20-4-2-14-37-20/h2,4-8,14,17H,1,3,9-13,15-16H2,(H2,26,36)(H2,27,28,29,30,31)/t17-/m1/s1. The van der Waals surface area contributed by atoms with Crippen LogP contribution in [0.5, 0.6) is 0 Å². The summed E-state index contributed by atoms with van der Waals surface area (Å²) in [5.74, 6) is 2.38. The van der Waals surface area contributed by atoms with Gasteiger partial charge in [-0.15, -0.1) is 5.10 Å². The van der Waals surface area contributed by atoms with Crippen LogP contribution in [0.4, 0.5) is 17.6 Å². The molecule has 12 heteroatoms. The molecule has 0 unspecified atom stereocenters. The predicted molar refractivity (Wildman–Crippen MR) is 139 cm³/mol. The van der Waals surface area contributed by atoms with Crippen LogP contribution in [0.2, 0.25) is 0 Å². The Labute approximate surface area is 213 Å². The number of piperidine rings is 1. The number of primary amides is 1. The van der Waals surface area contributed by atoms with Gasteiger partial charge in [-0.1, -0.05) is 0 Å². The van der Waals surface area contributed by atoms with Crippen LogP contribution in [0, 0.1) is 5.92 Å². The molecule has 1 atom stereocenters. The Morgan fingerprint density at radius 1 is 1.00 bits per heavy atom. The summed E-state index contributed by atoms with van der Waals surface area (Å²) in [7, 11) is 0. The lowest BCUT2D eigenvalue weighted by Crippen LogP contribution is -2.49. The third kappa shape index (κ3) is 4.79. The van der Waals surface area contributed by atoms with E-state index in [9.17, 15) is 4.79 Å². The molecule has 2 saturated heterocycles. The predicted octanol–water partition coefficient (Wildman–Crippen LogP) is 1.50. The number of amides is 1. The molecule has 1 amide bonds. The van der Waals surface area contributed by atoms with Crippen molar-refractivity contribution in [3.05, 3.63) is 48.2 Å². The van der Waals surface area contributed by atoms with Gasteiger partial charge in [0.1, 0.15) is 0 Å². The molecule has 12 nitrogen and oxygen atoms in total. The van der Waals surface area contributed by atoms with Gasteiger partial charge in [0.15, 0.2) is 5.76 Å². The summed E-state index contributed by atoms with van der Waals surface area (Å²) in [6, 6.07) is 11.1. The number of piperazine rings is 1. The number of furan rings is 1. The monoisotopic (exact) mass is 502 g/mol. The fourth-order valence-electron chi connectivity index (χ4n) is 5.23. The Hall–Kier alpha value is -4.19. The maximum absolute atomic E-state index is 11.3. The van der Waals surface area contributed by atoms with Gasteiger partial charge in [-0.25, -0.2) is 0 Å². The molecule has 2 fully saturated rings. The summed E-state index contributed by atoms with van der Waals surface area (Å²) in [5, 5.41) is 4.39. The fraction of sp³-hybridized carbons (Fsp3) is 0.400. The molecule has 0 saturated carbocycles. The Bertz CT molecular complexity index is 1380. The summed E-state index contributed by atoms with van der Waals surface area (Å²) in [5.41, 5.74) is 13.2. The fourth-order valence-corrected chi connectivity index (χ4v) is 5.23. The molecule has 2 aliphatic heterocycles. The third-order valence-electron chi connectivity index (χ3n) is 7.17. The molecule has 3 aromatic heterocycles. The van der Waals surface area contributed by atoms with E-state index in [0.717, 1.165) is 57.9 Å². The van der Waals surface area contributed by atoms with Crippen molar-refractivity contribution < 1.29 is 9.21 Å². The molecule has 5 heterocycles. The first-order valence-corrected chi connectivity index (χ1v) is 12.6. The van der Waals surface area contributed by atoms with Crippen molar-refractivity contribution >= 4 is 29.3 Å². The van der Waals surface area contributed by atoms with Gasteiger partial charge in [-0.05, 0) is 55.2 Å². The quantitative estimate of drug-likeness (QED) is 0.397. The molecule has 0 aliphatic carbocycles. The number of hydrogen-bond donors (Lipinski definition) is 2. The molecule has 4 N–H and O–H groups in total. The van der Waals surface area contributed by atoms with Gasteiger partial charge in [-0.2, -0.15) is 19.5 Å². The van der Waals surface area contributed by atoms with E-state index in [4.69, 9.17) is 15.9 Å². The van der Waals surface area contributed by atoms with E-state index >= 15 is 0 Å². The van der Waals surface area contributed by atoms with E-state index in [-0.39, 0.29) is 5.95 Å². The summed E-state index contributed by atoms with van der Waals surface area (Å²) in [4.78, 5) is 32.1. The number of rotatable bonds is 6. The highest BCUT2D eigenvalue weighted by molar-refractivity contribution is 5.93. The van der Waals surface area contributed by atoms with Crippen molar-refractivity contribution in [1.29, 1.82) is 0 Å². The second-order valence-electron chi connectivity index (χ2n) is 9.66. The minimum atomic E-state index is -0.397. The maximum Gasteiger partial charge on any atom is 0.259 e. The van der Waals surface area contributed by atoms with E-state index in [1.165, 1.54) is 10.9 Å². The van der Waals surface area contributed by atoms with Crippen molar-refractivity contribution in [3.63, 3.8) is 0 Å². The summed E-state index contributed by atoms with van der Waals surface area (Å²) in [6.45, 7) is 6.71. The third-order valence-corrected chi connectivity index (χ3v) is 7.17. The Morgan fingerprint density at radius 2 is 1.81 bits per heavy atom. The highest BCUT2D eigenvalue weighted by Crippen LogP contribution is 2.25. The molecule has 6 rings (SSSR count). The lowest BCUT2D eigenvalue weighted by molar-refractivity contribution is 0.100. The second-order valence-corrected chi connectivity index (χ2v) is 9.66. The van der Waals surface area contributed by atoms with Gasteiger partial charge in [0, 0.05) is 57.1 Å². The van der Waals surface area contributed by atoms with Gasteiger partial charge in [0.2, 0.25) is 23.6 Å². The van der Waals surface area contributed by atoms with E-state index in [0.29, 0.717) is 34.8 Å². The molecule has 37 heavy (non-hydrogen) atoms. The molecule has 0 bridgehead atoms. The minimum absolute atomic E-state index is 0.257. The highest BCUT2D eigenvalue weighted by atomic mass is 16.3. The van der Waals surface area contributed by atoms with Gasteiger partial charge in [0.25, 0.3) is 5.78 Å². The average molecular weight is 503 g/mol. The molecular weight excluding hydrogens is 472 g/mol. The SMILES string of the molecule is NC(=O)c1ccc(N2CCN(C[C@H]3CCCN(c4nc(N)n5nc(-c6ccco6)nc5n4)C3)CC2)cc1. The number of benzene rings is 1. The van der Waals surface area contributed by atoms with E-state index in [1.54, 1.807) is 30.5 Å². The van der Waals surface area contributed by atoms with Crippen LogP contribution in [0.25, 0.3) is 17.4 Å². The lowest BCUT2D eigenvalue weighted by Gasteiger charge is -2.40. The maximum atomic E-state index is 11.3. The topological polar surface area (TPSA) is 148 Å². The zero-order valence-corrected chi connectivity index (χ0v) is 20.5. The average Bonchev–Trinajstić information content (AvgIpc) is 3.60. The number of carbonyl (C=O) groups is 1. The molecular formula is C25H30N10O2. The molecule has 192 valence electrons.